The zero-order valence-corrected chi connectivity index (χ0v) is 14.3. The topological polar surface area (TPSA) is 74.8 Å². The van der Waals surface area contributed by atoms with E-state index in [2.05, 4.69) is 20.9 Å². The van der Waals surface area contributed by atoms with Crippen LogP contribution in [0.5, 0.6) is 0 Å². The molecule has 130 valence electrons. The van der Waals surface area contributed by atoms with E-state index in [1.807, 2.05) is 24.3 Å². The van der Waals surface area contributed by atoms with E-state index < -0.39 is 0 Å². The molecule has 2 aliphatic rings. The third-order valence-corrected chi connectivity index (χ3v) is 4.63. The zero-order valence-electron chi connectivity index (χ0n) is 14.3. The van der Waals surface area contributed by atoms with Gasteiger partial charge in [0, 0.05) is 26.2 Å². The van der Waals surface area contributed by atoms with Crippen LogP contribution in [0.4, 0.5) is 5.69 Å². The fourth-order valence-electron chi connectivity index (χ4n) is 3.44. The van der Waals surface area contributed by atoms with E-state index in [4.69, 9.17) is 4.74 Å². The van der Waals surface area contributed by atoms with Crippen molar-refractivity contribution in [3.8, 4) is 0 Å². The molecule has 0 aromatic heterocycles. The van der Waals surface area contributed by atoms with Crippen LogP contribution in [-0.4, -0.2) is 43.7 Å². The average Bonchev–Trinajstić information content (AvgIpc) is 3.18. The summed E-state index contributed by atoms with van der Waals surface area (Å²) in [4.78, 5) is 15.3. The number of hydrogen-bond acceptors (Lipinski definition) is 3. The largest absolute Gasteiger partial charge is 0.373 e. The Bertz CT molecular complexity index is 600. The molecule has 0 saturated carbocycles. The molecular weight excluding hydrogens is 304 g/mol. The molecule has 3 rings (SSSR count). The molecule has 6 nitrogen and oxygen atoms in total. The monoisotopic (exact) mass is 330 g/mol. The van der Waals surface area contributed by atoms with Crippen LogP contribution >= 0.6 is 0 Å². The second kappa shape index (κ2) is 7.66. The molecule has 1 amide bonds. The van der Waals surface area contributed by atoms with Gasteiger partial charge in [-0.3, -0.25) is 9.79 Å². The van der Waals surface area contributed by atoms with Crippen LogP contribution in [0.2, 0.25) is 0 Å². The van der Waals surface area contributed by atoms with Crippen molar-refractivity contribution in [1.82, 2.24) is 10.6 Å². The minimum absolute atomic E-state index is 0.0520. The molecule has 2 bridgehead atoms. The first-order valence-electron chi connectivity index (χ1n) is 8.63. The highest BCUT2D eigenvalue weighted by Crippen LogP contribution is 2.34. The summed E-state index contributed by atoms with van der Waals surface area (Å²) < 4.78 is 5.87. The van der Waals surface area contributed by atoms with Gasteiger partial charge in [-0.1, -0.05) is 12.1 Å². The molecule has 3 unspecified atom stereocenters. The second-order valence-electron chi connectivity index (χ2n) is 6.49. The molecule has 24 heavy (non-hydrogen) atoms. The molecule has 6 heteroatoms. The lowest BCUT2D eigenvalue weighted by Gasteiger charge is -2.22. The zero-order chi connectivity index (χ0) is 16.9. The highest BCUT2D eigenvalue weighted by atomic mass is 16.5. The van der Waals surface area contributed by atoms with Gasteiger partial charge in [0.25, 0.3) is 0 Å². The van der Waals surface area contributed by atoms with Crippen molar-refractivity contribution in [3.05, 3.63) is 29.8 Å². The van der Waals surface area contributed by atoms with Crippen LogP contribution in [0.15, 0.2) is 29.3 Å². The Hall–Kier alpha value is -2.08. The summed E-state index contributed by atoms with van der Waals surface area (Å²) in [6, 6.07) is 8.30. The number of nitrogens with zero attached hydrogens (tertiary/aromatic N) is 1. The lowest BCUT2D eigenvalue weighted by atomic mass is 9.96. The number of guanidine groups is 1. The number of rotatable bonds is 5. The highest BCUT2D eigenvalue weighted by molar-refractivity contribution is 5.88. The van der Waals surface area contributed by atoms with Crippen LogP contribution in [0, 0.1) is 0 Å². The maximum Gasteiger partial charge on any atom is 0.221 e. The van der Waals surface area contributed by atoms with Crippen LogP contribution in [-0.2, 0) is 16.0 Å². The summed E-state index contributed by atoms with van der Waals surface area (Å²) in [5.41, 5.74) is 2.04. The lowest BCUT2D eigenvalue weighted by Crippen LogP contribution is -2.47. The van der Waals surface area contributed by atoms with Crippen molar-refractivity contribution in [1.29, 1.82) is 0 Å². The van der Waals surface area contributed by atoms with E-state index in [1.165, 1.54) is 18.9 Å². The number of nitrogens with one attached hydrogen (secondary N) is 3. The SMILES string of the molecule is CN=C(NCCc1ccc(NC(C)=O)cc1)NC1CC2CCC1O2. The number of carbonyl (C=O) groups excluding carboxylic acids is 1. The van der Waals surface area contributed by atoms with Gasteiger partial charge in [0.2, 0.25) is 5.91 Å². The first kappa shape index (κ1) is 16.8. The van der Waals surface area contributed by atoms with E-state index in [0.717, 1.165) is 37.5 Å². The smallest absolute Gasteiger partial charge is 0.221 e. The Kier molecular flexibility index (Phi) is 5.35. The van der Waals surface area contributed by atoms with E-state index in [9.17, 15) is 4.79 Å². The van der Waals surface area contributed by atoms with Crippen molar-refractivity contribution in [2.75, 3.05) is 18.9 Å². The second-order valence-corrected chi connectivity index (χ2v) is 6.49. The first-order chi connectivity index (χ1) is 11.6. The average molecular weight is 330 g/mol. The molecular formula is C18H26N4O2. The third-order valence-electron chi connectivity index (χ3n) is 4.63. The van der Waals surface area contributed by atoms with Gasteiger partial charge in [0.1, 0.15) is 0 Å². The highest BCUT2D eigenvalue weighted by Gasteiger charge is 2.41. The van der Waals surface area contributed by atoms with Gasteiger partial charge in [-0.2, -0.15) is 0 Å². The predicted molar refractivity (Wildman–Crippen MR) is 95.2 cm³/mol. The number of carbonyl (C=O) groups is 1. The minimum atomic E-state index is -0.0520. The summed E-state index contributed by atoms with van der Waals surface area (Å²) >= 11 is 0. The molecule has 0 spiro atoms. The molecule has 2 fully saturated rings. The van der Waals surface area contributed by atoms with Crippen molar-refractivity contribution in [3.63, 3.8) is 0 Å². The van der Waals surface area contributed by atoms with E-state index in [0.29, 0.717) is 18.2 Å². The molecule has 3 atom stereocenters. The number of hydrogen-bond donors (Lipinski definition) is 3. The van der Waals surface area contributed by atoms with Gasteiger partial charge in [0.15, 0.2) is 5.96 Å². The van der Waals surface area contributed by atoms with Crippen LogP contribution in [0.25, 0.3) is 0 Å². The van der Waals surface area contributed by atoms with E-state index in [1.54, 1.807) is 7.05 Å². The Morgan fingerprint density at radius 1 is 1.29 bits per heavy atom. The standard InChI is InChI=1S/C18H26N4O2/c1-12(23)21-14-5-3-13(4-6-14)9-10-20-18(19-2)22-16-11-15-7-8-17(16)24-15/h3-6,15-17H,7-11H2,1-2H3,(H,21,23)(H2,19,20,22). The minimum Gasteiger partial charge on any atom is -0.373 e. The van der Waals surface area contributed by atoms with Gasteiger partial charge in [-0.05, 0) is 43.4 Å². The normalized spacial score (nSPS) is 25.6. The van der Waals surface area contributed by atoms with Gasteiger partial charge in [-0.15, -0.1) is 0 Å². The van der Waals surface area contributed by atoms with E-state index >= 15 is 0 Å². The lowest BCUT2D eigenvalue weighted by molar-refractivity contribution is -0.114. The van der Waals surface area contributed by atoms with Crippen molar-refractivity contribution in [2.45, 2.75) is 50.9 Å². The van der Waals surface area contributed by atoms with Crippen LogP contribution < -0.4 is 16.0 Å². The summed E-state index contributed by atoms with van der Waals surface area (Å²) in [6.07, 6.45) is 5.11. The number of anilines is 1. The Labute approximate surface area is 143 Å². The number of amides is 1. The quantitative estimate of drug-likeness (QED) is 0.567. The maximum absolute atomic E-state index is 11.0. The fraction of sp³-hybridized carbons (Fsp3) is 0.556. The number of benzene rings is 1. The Morgan fingerprint density at radius 2 is 2.08 bits per heavy atom. The summed E-state index contributed by atoms with van der Waals surface area (Å²) in [7, 11) is 1.80. The van der Waals surface area contributed by atoms with Crippen molar-refractivity contribution in [2.24, 2.45) is 4.99 Å². The van der Waals surface area contributed by atoms with E-state index in [-0.39, 0.29) is 5.91 Å². The number of ether oxygens (including phenoxy) is 1. The van der Waals surface area contributed by atoms with Gasteiger partial charge in [-0.25, -0.2) is 0 Å². The summed E-state index contributed by atoms with van der Waals surface area (Å²) in [5.74, 6) is 0.787. The first-order valence-corrected chi connectivity index (χ1v) is 8.63. The number of fused-ring (bicyclic) bond motifs is 2. The Morgan fingerprint density at radius 3 is 2.67 bits per heavy atom. The van der Waals surface area contributed by atoms with Gasteiger partial charge in [0.05, 0.1) is 18.2 Å². The van der Waals surface area contributed by atoms with Crippen LogP contribution in [0.1, 0.15) is 31.7 Å². The molecule has 1 aromatic carbocycles. The predicted octanol–water partition coefficient (Wildman–Crippen LogP) is 1.67. The Balaban J connectivity index is 1.42. The van der Waals surface area contributed by atoms with Crippen molar-refractivity contribution >= 4 is 17.6 Å². The number of aliphatic imine (C=N–C) groups is 1. The molecule has 2 aliphatic heterocycles. The molecule has 0 aliphatic carbocycles. The molecule has 2 saturated heterocycles. The van der Waals surface area contributed by atoms with Crippen molar-refractivity contribution < 1.29 is 9.53 Å². The maximum atomic E-state index is 11.0. The van der Waals surface area contributed by atoms with Gasteiger partial charge < -0.3 is 20.7 Å². The molecule has 0 radical (unpaired) electrons. The van der Waals surface area contributed by atoms with Gasteiger partial charge >= 0.3 is 0 Å². The summed E-state index contributed by atoms with van der Waals surface area (Å²) in [5, 5.41) is 9.62. The molecule has 2 heterocycles. The summed E-state index contributed by atoms with van der Waals surface area (Å²) in [6.45, 7) is 2.32. The molecule has 3 N–H and O–H groups in total. The fourth-order valence-corrected chi connectivity index (χ4v) is 3.44. The molecule has 1 aromatic rings. The van der Waals surface area contributed by atoms with Crippen LogP contribution in [0.3, 0.4) is 0 Å². The third kappa shape index (κ3) is 4.26.